The van der Waals surface area contributed by atoms with Crippen molar-refractivity contribution < 1.29 is 19.4 Å². The van der Waals surface area contributed by atoms with Crippen LogP contribution < -0.4 is 0 Å². The summed E-state index contributed by atoms with van der Waals surface area (Å²) in [6.07, 6.45) is -0.924. The molecule has 21 heavy (non-hydrogen) atoms. The number of hydrogen-bond donors (Lipinski definition) is 1. The van der Waals surface area contributed by atoms with Crippen LogP contribution in [-0.4, -0.2) is 59.7 Å². The van der Waals surface area contributed by atoms with Crippen LogP contribution in [0.2, 0.25) is 5.02 Å². The number of hydrogen-bond acceptors (Lipinski definition) is 4. The zero-order valence-corrected chi connectivity index (χ0v) is 12.4. The molecule has 0 unspecified atom stereocenters. The number of β-amino-alcohol motifs (C(OH)–C–C–N with tert-alkyl or cyclic N) is 1. The van der Waals surface area contributed by atoms with E-state index in [1.807, 2.05) is 18.2 Å². The van der Waals surface area contributed by atoms with E-state index in [2.05, 4.69) is 0 Å². The number of likely N-dealkylation sites (N-methyl/N-ethyl adjacent to an activating group) is 1. The summed E-state index contributed by atoms with van der Waals surface area (Å²) in [7, 11) is 1.54. The van der Waals surface area contributed by atoms with E-state index in [0.717, 1.165) is 10.5 Å². The third kappa shape index (κ3) is 3.93. The number of benzene rings is 1. The fourth-order valence-corrected chi connectivity index (χ4v) is 2.22. The van der Waals surface area contributed by atoms with E-state index in [1.165, 1.54) is 4.90 Å². The molecule has 1 atom stereocenters. The fourth-order valence-electron chi connectivity index (χ4n) is 2.03. The molecule has 0 bridgehead atoms. The van der Waals surface area contributed by atoms with Crippen molar-refractivity contribution in [3.63, 3.8) is 0 Å². The van der Waals surface area contributed by atoms with E-state index in [1.54, 1.807) is 13.1 Å². The molecule has 0 saturated carbocycles. The van der Waals surface area contributed by atoms with Gasteiger partial charge in [0.2, 0.25) is 5.91 Å². The van der Waals surface area contributed by atoms with E-state index in [-0.39, 0.29) is 32.2 Å². The number of carbonyl (C=O) groups excluding carboxylic acids is 2. The second-order valence-corrected chi connectivity index (χ2v) is 5.31. The van der Waals surface area contributed by atoms with Crippen LogP contribution in [0, 0.1) is 0 Å². The van der Waals surface area contributed by atoms with Crippen molar-refractivity contribution in [1.29, 1.82) is 0 Å². The summed E-state index contributed by atoms with van der Waals surface area (Å²) in [6, 6.07) is 6.86. The van der Waals surface area contributed by atoms with E-state index in [9.17, 15) is 14.7 Å². The Morgan fingerprint density at radius 2 is 2.10 bits per heavy atom. The third-order valence-electron chi connectivity index (χ3n) is 3.15. The number of ether oxygens (including phenoxy) is 1. The van der Waals surface area contributed by atoms with Crippen LogP contribution in [0.1, 0.15) is 5.56 Å². The van der Waals surface area contributed by atoms with Gasteiger partial charge < -0.3 is 14.7 Å². The first-order valence-electron chi connectivity index (χ1n) is 6.53. The summed E-state index contributed by atoms with van der Waals surface area (Å²) >= 11 is 5.99. The number of amides is 3. The van der Waals surface area contributed by atoms with Gasteiger partial charge in [0.25, 0.3) is 0 Å². The lowest BCUT2D eigenvalue weighted by molar-refractivity contribution is -0.126. The van der Waals surface area contributed by atoms with Crippen LogP contribution in [0.3, 0.4) is 0 Å². The molecular formula is C14H17ClN2O4. The van der Waals surface area contributed by atoms with Gasteiger partial charge in [-0.3, -0.25) is 9.69 Å². The van der Waals surface area contributed by atoms with Gasteiger partial charge in [-0.05, 0) is 11.6 Å². The van der Waals surface area contributed by atoms with Gasteiger partial charge in [-0.2, -0.15) is 0 Å². The monoisotopic (exact) mass is 312 g/mol. The zero-order chi connectivity index (χ0) is 15.4. The molecule has 2 rings (SSSR count). The van der Waals surface area contributed by atoms with Gasteiger partial charge in [-0.1, -0.05) is 29.8 Å². The van der Waals surface area contributed by atoms with Crippen molar-refractivity contribution in [3.8, 4) is 0 Å². The number of urea groups is 1. The SMILES string of the molecule is CN1CC(=O)N(C[C@H](O)COCc2ccccc2Cl)C1=O. The minimum absolute atomic E-state index is 0.0198. The van der Waals surface area contributed by atoms with Gasteiger partial charge in [0, 0.05) is 12.1 Å². The Morgan fingerprint density at radius 1 is 1.38 bits per heavy atom. The number of nitrogens with zero attached hydrogens (tertiary/aromatic N) is 2. The third-order valence-corrected chi connectivity index (χ3v) is 3.52. The van der Waals surface area contributed by atoms with E-state index in [4.69, 9.17) is 16.3 Å². The molecule has 3 amide bonds. The molecule has 1 saturated heterocycles. The Balaban J connectivity index is 1.78. The van der Waals surface area contributed by atoms with Gasteiger partial charge in [0.05, 0.1) is 25.9 Å². The Hall–Kier alpha value is -1.63. The molecule has 6 nitrogen and oxygen atoms in total. The first kappa shape index (κ1) is 15.8. The first-order chi connectivity index (χ1) is 9.99. The predicted molar refractivity (Wildman–Crippen MR) is 76.9 cm³/mol. The van der Waals surface area contributed by atoms with Gasteiger partial charge in [-0.15, -0.1) is 0 Å². The molecule has 7 heteroatoms. The maximum absolute atomic E-state index is 11.7. The summed E-state index contributed by atoms with van der Waals surface area (Å²) in [5, 5.41) is 10.5. The summed E-state index contributed by atoms with van der Waals surface area (Å²) < 4.78 is 5.37. The highest BCUT2D eigenvalue weighted by Gasteiger charge is 2.34. The Morgan fingerprint density at radius 3 is 2.71 bits per heavy atom. The standard InChI is InChI=1S/C14H17ClN2O4/c1-16-7-13(19)17(14(16)20)6-11(18)9-21-8-10-4-2-3-5-12(10)15/h2-5,11,18H,6-9H2,1H3/t11-/m0/s1. The number of carbonyl (C=O) groups is 2. The van der Waals surface area contributed by atoms with Gasteiger partial charge in [0.1, 0.15) is 6.54 Å². The molecule has 1 aliphatic heterocycles. The molecular weight excluding hydrogens is 296 g/mol. The van der Waals surface area contributed by atoms with Crippen LogP contribution in [0.15, 0.2) is 24.3 Å². The fraction of sp³-hybridized carbons (Fsp3) is 0.429. The molecule has 1 aliphatic rings. The number of aliphatic hydroxyl groups excluding tert-OH is 1. The maximum atomic E-state index is 11.7. The van der Waals surface area contributed by atoms with Gasteiger partial charge in [-0.25, -0.2) is 4.79 Å². The van der Waals surface area contributed by atoms with Gasteiger partial charge >= 0.3 is 6.03 Å². The summed E-state index contributed by atoms with van der Waals surface area (Å²) in [6.45, 7) is 0.265. The van der Waals surface area contributed by atoms with Crippen LogP contribution >= 0.6 is 11.6 Å². The lowest BCUT2D eigenvalue weighted by atomic mass is 10.2. The van der Waals surface area contributed by atoms with Crippen LogP contribution in [0.25, 0.3) is 0 Å². The van der Waals surface area contributed by atoms with Crippen molar-refractivity contribution in [3.05, 3.63) is 34.9 Å². The molecule has 1 aromatic rings. The van der Waals surface area contributed by atoms with Crippen molar-refractivity contribution in [2.75, 3.05) is 26.7 Å². The quantitative estimate of drug-likeness (QED) is 0.799. The zero-order valence-electron chi connectivity index (χ0n) is 11.7. The Kier molecular flexibility index (Phi) is 5.17. The van der Waals surface area contributed by atoms with Crippen molar-refractivity contribution in [1.82, 2.24) is 9.80 Å². The minimum atomic E-state index is -0.924. The van der Waals surface area contributed by atoms with Crippen molar-refractivity contribution in [2.45, 2.75) is 12.7 Å². The average Bonchev–Trinajstić information content (AvgIpc) is 2.68. The van der Waals surface area contributed by atoms with E-state index in [0.29, 0.717) is 5.02 Å². The summed E-state index contributed by atoms with van der Waals surface area (Å²) in [4.78, 5) is 25.6. The van der Waals surface area contributed by atoms with E-state index >= 15 is 0 Å². The van der Waals surface area contributed by atoms with Gasteiger partial charge in [0.15, 0.2) is 0 Å². The highest BCUT2D eigenvalue weighted by molar-refractivity contribution is 6.31. The molecule has 0 aliphatic carbocycles. The molecule has 1 fully saturated rings. The van der Waals surface area contributed by atoms with Crippen LogP contribution in [0.4, 0.5) is 4.79 Å². The Labute approximate surface area is 127 Å². The summed E-state index contributed by atoms with van der Waals surface area (Å²) in [5.41, 5.74) is 0.819. The summed E-state index contributed by atoms with van der Waals surface area (Å²) in [5.74, 6) is -0.312. The normalized spacial score (nSPS) is 16.7. The molecule has 0 radical (unpaired) electrons. The van der Waals surface area contributed by atoms with E-state index < -0.39 is 12.1 Å². The smallest absolute Gasteiger partial charge is 0.327 e. The van der Waals surface area contributed by atoms with Crippen LogP contribution in [-0.2, 0) is 16.1 Å². The van der Waals surface area contributed by atoms with Crippen molar-refractivity contribution in [2.24, 2.45) is 0 Å². The second-order valence-electron chi connectivity index (χ2n) is 4.90. The molecule has 1 heterocycles. The number of rotatable bonds is 6. The highest BCUT2D eigenvalue weighted by atomic mass is 35.5. The number of imide groups is 1. The van der Waals surface area contributed by atoms with Crippen LogP contribution in [0.5, 0.6) is 0 Å². The van der Waals surface area contributed by atoms with Crippen molar-refractivity contribution >= 4 is 23.5 Å². The minimum Gasteiger partial charge on any atom is -0.389 e. The molecule has 0 aromatic heterocycles. The lowest BCUT2D eigenvalue weighted by Crippen LogP contribution is -2.39. The second kappa shape index (κ2) is 6.89. The lowest BCUT2D eigenvalue weighted by Gasteiger charge is -2.18. The predicted octanol–water partition coefficient (Wildman–Crippen LogP) is 1.11. The molecule has 114 valence electrons. The average molecular weight is 313 g/mol. The molecule has 0 spiro atoms. The number of aliphatic hydroxyl groups is 1. The molecule has 1 aromatic carbocycles. The number of halogens is 1. The Bertz CT molecular complexity index is 537. The molecule has 1 N–H and O–H groups in total. The highest BCUT2D eigenvalue weighted by Crippen LogP contribution is 2.16. The topological polar surface area (TPSA) is 70.1 Å². The maximum Gasteiger partial charge on any atom is 0.327 e. The largest absolute Gasteiger partial charge is 0.389 e. The first-order valence-corrected chi connectivity index (χ1v) is 6.91.